The topological polar surface area (TPSA) is 72.8 Å². The van der Waals surface area contributed by atoms with Crippen LogP contribution in [0.1, 0.15) is 6.42 Å². The van der Waals surface area contributed by atoms with Gasteiger partial charge in [0.2, 0.25) is 5.91 Å². The molecule has 1 aromatic rings. The van der Waals surface area contributed by atoms with Gasteiger partial charge in [0.1, 0.15) is 11.6 Å². The number of carbonyl (C=O) groups excluding carboxylic acids is 1. The monoisotopic (exact) mass is 288 g/mol. The molecule has 0 heterocycles. The Hall–Kier alpha value is -1.57. The Labute approximate surface area is 115 Å². The first-order valence-corrected chi connectivity index (χ1v) is 6.25. The summed E-state index contributed by atoms with van der Waals surface area (Å²) in [6, 6.07) is 2.80. The zero-order valence-corrected chi connectivity index (χ0v) is 11.0. The van der Waals surface area contributed by atoms with Crippen LogP contribution in [0.25, 0.3) is 0 Å². The molecule has 0 unspecified atom stereocenters. The van der Waals surface area contributed by atoms with Crippen molar-refractivity contribution in [3.05, 3.63) is 29.8 Å². The number of benzene rings is 1. The molecule has 7 heteroatoms. The molecule has 1 aromatic carbocycles. The molecular weight excluding hydrogens is 270 g/mol. The average Bonchev–Trinajstić information content (AvgIpc) is 2.40. The zero-order chi connectivity index (χ0) is 15.0. The molecule has 0 atom stereocenters. The van der Waals surface area contributed by atoms with Gasteiger partial charge in [0.15, 0.2) is 0 Å². The summed E-state index contributed by atoms with van der Waals surface area (Å²) in [6.07, 6.45) is 0.460. The van der Waals surface area contributed by atoms with Crippen molar-refractivity contribution in [2.45, 2.75) is 6.42 Å². The number of aliphatic hydroxyl groups excluding tert-OH is 2. The quantitative estimate of drug-likeness (QED) is 0.654. The summed E-state index contributed by atoms with van der Waals surface area (Å²) in [5.74, 6) is -1.88. The van der Waals surface area contributed by atoms with Crippen LogP contribution >= 0.6 is 0 Å². The van der Waals surface area contributed by atoms with Crippen LogP contribution in [0.3, 0.4) is 0 Å². The van der Waals surface area contributed by atoms with E-state index in [1.54, 1.807) is 4.90 Å². The lowest BCUT2D eigenvalue weighted by molar-refractivity contribution is -0.117. The molecule has 0 aliphatic carbocycles. The Morgan fingerprint density at radius 1 is 1.20 bits per heavy atom. The molecule has 0 radical (unpaired) electrons. The van der Waals surface area contributed by atoms with E-state index in [0.717, 1.165) is 18.2 Å². The molecule has 1 rings (SSSR count). The average molecular weight is 288 g/mol. The largest absolute Gasteiger partial charge is 0.396 e. The first-order chi connectivity index (χ1) is 9.56. The molecule has 0 aliphatic heterocycles. The highest BCUT2D eigenvalue weighted by molar-refractivity contribution is 5.92. The summed E-state index contributed by atoms with van der Waals surface area (Å²) in [5.41, 5.74) is -0.221. The number of anilines is 1. The van der Waals surface area contributed by atoms with E-state index in [2.05, 4.69) is 5.32 Å². The molecule has 0 aliphatic rings. The molecule has 0 spiro atoms. The normalized spacial score (nSPS) is 10.8. The van der Waals surface area contributed by atoms with Gasteiger partial charge in [-0.25, -0.2) is 8.78 Å². The number of rotatable bonds is 8. The highest BCUT2D eigenvalue weighted by Gasteiger charge is 2.12. The van der Waals surface area contributed by atoms with Gasteiger partial charge >= 0.3 is 0 Å². The third kappa shape index (κ3) is 5.60. The number of amides is 1. The lowest BCUT2D eigenvalue weighted by Crippen LogP contribution is -2.36. The maximum absolute atomic E-state index is 13.4. The van der Waals surface area contributed by atoms with Crippen LogP contribution in [-0.4, -0.2) is 53.9 Å². The molecule has 20 heavy (non-hydrogen) atoms. The van der Waals surface area contributed by atoms with Gasteiger partial charge in [0, 0.05) is 25.8 Å². The van der Waals surface area contributed by atoms with Crippen LogP contribution < -0.4 is 5.32 Å². The Balaban J connectivity index is 2.58. The molecule has 0 saturated heterocycles. The number of aliphatic hydroxyl groups is 2. The van der Waals surface area contributed by atoms with Gasteiger partial charge in [0.05, 0.1) is 18.8 Å². The van der Waals surface area contributed by atoms with Crippen LogP contribution in [0.5, 0.6) is 0 Å². The van der Waals surface area contributed by atoms with Gasteiger partial charge in [-0.05, 0) is 18.6 Å². The molecule has 0 bridgehead atoms. The molecule has 0 saturated carbocycles. The number of nitrogens with zero attached hydrogens (tertiary/aromatic N) is 1. The van der Waals surface area contributed by atoms with Crippen LogP contribution in [0.15, 0.2) is 18.2 Å². The van der Waals surface area contributed by atoms with Crippen molar-refractivity contribution in [1.82, 2.24) is 4.90 Å². The van der Waals surface area contributed by atoms with Crippen LogP contribution in [0.4, 0.5) is 14.5 Å². The Bertz CT molecular complexity index is 444. The van der Waals surface area contributed by atoms with Crippen molar-refractivity contribution < 1.29 is 23.8 Å². The minimum Gasteiger partial charge on any atom is -0.396 e. The van der Waals surface area contributed by atoms with E-state index in [9.17, 15) is 13.6 Å². The zero-order valence-electron chi connectivity index (χ0n) is 11.0. The van der Waals surface area contributed by atoms with Crippen LogP contribution in [-0.2, 0) is 4.79 Å². The minimum absolute atomic E-state index is 0.0257. The third-order valence-corrected chi connectivity index (χ3v) is 2.62. The van der Waals surface area contributed by atoms with E-state index in [4.69, 9.17) is 10.2 Å². The van der Waals surface area contributed by atoms with E-state index < -0.39 is 17.5 Å². The van der Waals surface area contributed by atoms with Crippen LogP contribution in [0, 0.1) is 11.6 Å². The summed E-state index contributed by atoms with van der Waals surface area (Å²) >= 11 is 0. The molecule has 0 fully saturated rings. The first kappa shape index (κ1) is 16.5. The smallest absolute Gasteiger partial charge is 0.238 e. The predicted octanol–water partition coefficient (Wildman–Crippen LogP) is 0.580. The van der Waals surface area contributed by atoms with E-state index in [0.29, 0.717) is 13.0 Å². The Kier molecular flexibility index (Phi) is 7.06. The molecule has 112 valence electrons. The van der Waals surface area contributed by atoms with Crippen molar-refractivity contribution in [3.63, 3.8) is 0 Å². The minimum atomic E-state index is -0.719. The highest BCUT2D eigenvalue weighted by atomic mass is 19.1. The molecule has 0 aromatic heterocycles. The molecule has 5 nitrogen and oxygen atoms in total. The van der Waals surface area contributed by atoms with E-state index in [1.165, 1.54) is 0 Å². The van der Waals surface area contributed by atoms with E-state index in [1.807, 2.05) is 0 Å². The van der Waals surface area contributed by atoms with Crippen molar-refractivity contribution in [1.29, 1.82) is 0 Å². The van der Waals surface area contributed by atoms with Gasteiger partial charge in [-0.2, -0.15) is 0 Å². The van der Waals surface area contributed by atoms with E-state index >= 15 is 0 Å². The summed E-state index contributed by atoms with van der Waals surface area (Å²) in [7, 11) is 0. The van der Waals surface area contributed by atoms with Gasteiger partial charge in [-0.3, -0.25) is 9.69 Å². The van der Waals surface area contributed by atoms with Gasteiger partial charge in [0.25, 0.3) is 0 Å². The summed E-state index contributed by atoms with van der Waals surface area (Å²) in [5, 5.41) is 19.9. The predicted molar refractivity (Wildman–Crippen MR) is 70.2 cm³/mol. The Morgan fingerprint density at radius 2 is 1.95 bits per heavy atom. The lowest BCUT2D eigenvalue weighted by atomic mass is 10.3. The Morgan fingerprint density at radius 3 is 2.60 bits per heavy atom. The molecule has 3 N–H and O–H groups in total. The fourth-order valence-corrected chi connectivity index (χ4v) is 1.69. The lowest BCUT2D eigenvalue weighted by Gasteiger charge is -2.20. The van der Waals surface area contributed by atoms with Crippen molar-refractivity contribution in [3.8, 4) is 0 Å². The highest BCUT2D eigenvalue weighted by Crippen LogP contribution is 2.15. The number of halogens is 2. The fraction of sp³-hybridized carbons (Fsp3) is 0.462. The third-order valence-electron chi connectivity index (χ3n) is 2.62. The maximum Gasteiger partial charge on any atom is 0.238 e. The van der Waals surface area contributed by atoms with Crippen molar-refractivity contribution >= 4 is 11.6 Å². The maximum atomic E-state index is 13.4. The fourth-order valence-electron chi connectivity index (χ4n) is 1.69. The summed E-state index contributed by atoms with van der Waals surface area (Å²) in [4.78, 5) is 13.4. The van der Waals surface area contributed by atoms with Crippen LogP contribution in [0.2, 0.25) is 0 Å². The second-order valence-corrected chi connectivity index (χ2v) is 4.25. The first-order valence-electron chi connectivity index (χ1n) is 6.25. The standard InChI is InChI=1S/C13H18F2N2O3/c14-10-2-3-11(15)12(8-10)16-13(20)9-17(5-7-19)4-1-6-18/h2-3,8,18-19H,1,4-7,9H2,(H,16,20). The van der Waals surface area contributed by atoms with Gasteiger partial charge in [-0.1, -0.05) is 0 Å². The second-order valence-electron chi connectivity index (χ2n) is 4.25. The number of carbonyl (C=O) groups is 1. The SMILES string of the molecule is O=C(CN(CCO)CCCO)Nc1cc(F)ccc1F. The van der Waals surface area contributed by atoms with Crippen molar-refractivity contribution in [2.75, 3.05) is 38.2 Å². The van der Waals surface area contributed by atoms with E-state index in [-0.39, 0.29) is 32.0 Å². The van der Waals surface area contributed by atoms with Gasteiger partial charge in [-0.15, -0.1) is 0 Å². The summed E-state index contributed by atoms with van der Waals surface area (Å²) in [6.45, 7) is 0.459. The molecular formula is C13H18F2N2O3. The van der Waals surface area contributed by atoms with Gasteiger partial charge < -0.3 is 15.5 Å². The number of hydrogen-bond donors (Lipinski definition) is 3. The summed E-state index contributed by atoms with van der Waals surface area (Å²) < 4.78 is 26.3. The van der Waals surface area contributed by atoms with Crippen molar-refractivity contribution in [2.24, 2.45) is 0 Å². The number of nitrogens with one attached hydrogen (secondary N) is 1. The molecule has 1 amide bonds. The number of hydrogen-bond acceptors (Lipinski definition) is 4. The second kappa shape index (κ2) is 8.57.